The maximum Gasteiger partial charge on any atom is 0.141 e. The van der Waals surface area contributed by atoms with Crippen LogP contribution < -0.4 is 10.6 Å². The van der Waals surface area contributed by atoms with Crippen LogP contribution in [-0.4, -0.2) is 43.9 Å². The van der Waals surface area contributed by atoms with Crippen molar-refractivity contribution < 1.29 is 10.2 Å². The van der Waals surface area contributed by atoms with Gasteiger partial charge in [0.05, 0.1) is 17.0 Å². The Morgan fingerprint density at radius 2 is 2.11 bits per heavy atom. The summed E-state index contributed by atoms with van der Waals surface area (Å²) in [6.45, 7) is 2.79. The van der Waals surface area contributed by atoms with Crippen LogP contribution in [0.3, 0.4) is 0 Å². The summed E-state index contributed by atoms with van der Waals surface area (Å²) in [5, 5.41) is 32.6. The first-order valence-electron chi connectivity index (χ1n) is 8.65. The molecule has 1 fully saturated rings. The zero-order valence-corrected chi connectivity index (χ0v) is 15.9. The summed E-state index contributed by atoms with van der Waals surface area (Å²) in [5.74, 6) is 0.507. The molecule has 0 radical (unpaired) electrons. The Bertz CT molecular complexity index is 1070. The van der Waals surface area contributed by atoms with Crippen LogP contribution in [0.1, 0.15) is 18.9 Å². The summed E-state index contributed by atoms with van der Waals surface area (Å²) in [6, 6.07) is 6.67. The van der Waals surface area contributed by atoms with Gasteiger partial charge < -0.3 is 20.8 Å². The minimum atomic E-state index is -0.807. The molecule has 1 saturated heterocycles. The molecule has 1 aliphatic heterocycles. The van der Waals surface area contributed by atoms with Gasteiger partial charge in [-0.15, -0.1) is 11.3 Å². The highest BCUT2D eigenvalue weighted by molar-refractivity contribution is 7.13. The number of aromatic nitrogens is 3. The largest absolute Gasteiger partial charge is 0.508 e. The van der Waals surface area contributed by atoms with Gasteiger partial charge in [0.25, 0.3) is 0 Å². The van der Waals surface area contributed by atoms with Gasteiger partial charge in [0.2, 0.25) is 0 Å². The lowest BCUT2D eigenvalue weighted by Crippen LogP contribution is -2.30. The van der Waals surface area contributed by atoms with Gasteiger partial charge in [-0.2, -0.15) is 5.26 Å². The number of nitrogens with zero attached hydrogens (tertiary/aromatic N) is 5. The first-order chi connectivity index (χ1) is 13.4. The molecule has 142 valence electrons. The number of hydrogen-bond donors (Lipinski definition) is 3. The van der Waals surface area contributed by atoms with Crippen molar-refractivity contribution in [3.63, 3.8) is 0 Å². The van der Waals surface area contributed by atoms with E-state index in [0.29, 0.717) is 41.7 Å². The predicted molar refractivity (Wildman–Crippen MR) is 107 cm³/mol. The van der Waals surface area contributed by atoms with Gasteiger partial charge in [0.1, 0.15) is 39.6 Å². The SMILES string of the molecule is CC1(O)CCN(c2cc(O)cc(-c3nc(-c4nccs4)cc(N)c3C#N)n2)C1. The summed E-state index contributed by atoms with van der Waals surface area (Å²) in [4.78, 5) is 15.3. The minimum Gasteiger partial charge on any atom is -0.508 e. The van der Waals surface area contributed by atoms with E-state index in [-0.39, 0.29) is 22.7 Å². The molecule has 8 nitrogen and oxygen atoms in total. The molecule has 28 heavy (non-hydrogen) atoms. The molecular weight excluding hydrogens is 376 g/mol. The lowest BCUT2D eigenvalue weighted by atomic mass is 10.1. The van der Waals surface area contributed by atoms with E-state index in [1.54, 1.807) is 19.2 Å². The Labute approximate surface area is 165 Å². The van der Waals surface area contributed by atoms with Crippen LogP contribution >= 0.6 is 11.3 Å². The Kier molecular flexibility index (Phi) is 4.37. The topological polar surface area (TPSA) is 132 Å². The second-order valence-corrected chi connectivity index (χ2v) is 7.90. The molecule has 0 aliphatic carbocycles. The summed E-state index contributed by atoms with van der Waals surface area (Å²) < 4.78 is 0. The van der Waals surface area contributed by atoms with E-state index in [9.17, 15) is 15.5 Å². The smallest absolute Gasteiger partial charge is 0.141 e. The number of aromatic hydroxyl groups is 1. The normalized spacial score (nSPS) is 19.0. The third kappa shape index (κ3) is 3.35. The maximum absolute atomic E-state index is 10.3. The Hall–Kier alpha value is -3.22. The highest BCUT2D eigenvalue weighted by atomic mass is 32.1. The summed E-state index contributed by atoms with van der Waals surface area (Å²) in [7, 11) is 0. The molecule has 3 aromatic rings. The van der Waals surface area contributed by atoms with Crippen LogP contribution in [-0.2, 0) is 0 Å². The van der Waals surface area contributed by atoms with Crippen molar-refractivity contribution in [1.82, 2.24) is 15.0 Å². The molecule has 0 saturated carbocycles. The standard InChI is InChI=1S/C19H18N6O2S/c1-19(27)2-4-25(10-19)16-7-11(26)6-14(23-16)17-12(9-20)13(21)8-15(24-17)18-22-3-5-28-18/h3,5-8,27H,2,4,10H2,1H3,(H2,21,24)(H,23,26). The molecule has 4 rings (SSSR count). The first kappa shape index (κ1) is 18.2. The van der Waals surface area contributed by atoms with E-state index in [1.807, 2.05) is 10.3 Å². The van der Waals surface area contributed by atoms with Crippen molar-refractivity contribution in [2.75, 3.05) is 23.7 Å². The van der Waals surface area contributed by atoms with E-state index in [4.69, 9.17) is 5.73 Å². The fourth-order valence-corrected chi connectivity index (χ4v) is 3.85. The zero-order valence-electron chi connectivity index (χ0n) is 15.1. The predicted octanol–water partition coefficient (Wildman–Crippen LogP) is 2.39. The lowest BCUT2D eigenvalue weighted by molar-refractivity contribution is 0.0839. The average molecular weight is 394 g/mol. The highest BCUT2D eigenvalue weighted by Crippen LogP contribution is 2.34. The molecule has 3 aromatic heterocycles. The molecule has 1 unspecified atom stereocenters. The number of nitrogen functional groups attached to an aromatic ring is 1. The van der Waals surface area contributed by atoms with Crippen molar-refractivity contribution in [3.8, 4) is 33.9 Å². The van der Waals surface area contributed by atoms with Crippen molar-refractivity contribution in [3.05, 3.63) is 35.3 Å². The second kappa shape index (κ2) is 6.74. The third-order valence-electron chi connectivity index (χ3n) is 4.63. The van der Waals surface area contributed by atoms with Crippen LogP contribution in [0.4, 0.5) is 11.5 Å². The molecule has 0 bridgehead atoms. The Balaban J connectivity index is 1.84. The van der Waals surface area contributed by atoms with Crippen molar-refractivity contribution in [2.24, 2.45) is 0 Å². The maximum atomic E-state index is 10.3. The van der Waals surface area contributed by atoms with Crippen LogP contribution in [0, 0.1) is 11.3 Å². The van der Waals surface area contributed by atoms with Gasteiger partial charge in [-0.05, 0) is 19.4 Å². The molecule has 0 spiro atoms. The fourth-order valence-electron chi connectivity index (χ4n) is 3.25. The number of nitrogens with two attached hydrogens (primary N) is 1. The number of rotatable bonds is 3. The number of aliphatic hydroxyl groups is 1. The molecule has 0 aromatic carbocycles. The Morgan fingerprint density at radius 3 is 2.75 bits per heavy atom. The molecule has 4 N–H and O–H groups in total. The molecule has 0 amide bonds. The minimum absolute atomic E-state index is 0.00421. The van der Waals surface area contributed by atoms with Gasteiger partial charge in [-0.1, -0.05) is 0 Å². The third-order valence-corrected chi connectivity index (χ3v) is 5.42. The fraction of sp³-hybridized carbons (Fsp3) is 0.263. The first-order valence-corrected chi connectivity index (χ1v) is 9.53. The van der Waals surface area contributed by atoms with E-state index in [2.05, 4.69) is 21.0 Å². The van der Waals surface area contributed by atoms with Gasteiger partial charge in [0.15, 0.2) is 0 Å². The van der Waals surface area contributed by atoms with Crippen molar-refractivity contribution in [2.45, 2.75) is 18.9 Å². The van der Waals surface area contributed by atoms with E-state index >= 15 is 0 Å². The number of nitriles is 1. The lowest BCUT2D eigenvalue weighted by Gasteiger charge is -2.20. The van der Waals surface area contributed by atoms with Gasteiger partial charge >= 0.3 is 0 Å². The monoisotopic (exact) mass is 394 g/mol. The quantitative estimate of drug-likeness (QED) is 0.617. The number of thiazole rings is 1. The van der Waals surface area contributed by atoms with Crippen molar-refractivity contribution >= 4 is 22.8 Å². The van der Waals surface area contributed by atoms with E-state index in [0.717, 1.165) is 0 Å². The number of anilines is 2. The van der Waals surface area contributed by atoms with E-state index < -0.39 is 5.60 Å². The Morgan fingerprint density at radius 1 is 1.29 bits per heavy atom. The number of β-amino-alcohol motifs (C(OH)–C–C–N with tert-alkyl or cyclic N) is 1. The molecule has 1 atom stereocenters. The molecule has 1 aliphatic rings. The summed E-state index contributed by atoms with van der Waals surface area (Å²) in [6.07, 6.45) is 2.27. The van der Waals surface area contributed by atoms with Crippen LogP contribution in [0.2, 0.25) is 0 Å². The summed E-state index contributed by atoms with van der Waals surface area (Å²) in [5.41, 5.74) is 6.91. The zero-order chi connectivity index (χ0) is 19.9. The van der Waals surface area contributed by atoms with Crippen molar-refractivity contribution in [1.29, 1.82) is 5.26 Å². The van der Waals surface area contributed by atoms with Gasteiger partial charge in [-0.25, -0.2) is 15.0 Å². The molecule has 9 heteroatoms. The number of hydrogen-bond acceptors (Lipinski definition) is 9. The number of pyridine rings is 2. The van der Waals surface area contributed by atoms with Crippen LogP contribution in [0.15, 0.2) is 29.8 Å². The van der Waals surface area contributed by atoms with Gasteiger partial charge in [-0.3, -0.25) is 0 Å². The average Bonchev–Trinajstić information content (AvgIpc) is 3.30. The van der Waals surface area contributed by atoms with Gasteiger partial charge in [0, 0.05) is 36.8 Å². The molecular formula is C19H18N6O2S. The molecule has 4 heterocycles. The van der Waals surface area contributed by atoms with E-state index in [1.165, 1.54) is 23.5 Å². The second-order valence-electron chi connectivity index (χ2n) is 7.01. The van der Waals surface area contributed by atoms with Crippen LogP contribution in [0.25, 0.3) is 22.1 Å². The van der Waals surface area contributed by atoms with Crippen LogP contribution in [0.5, 0.6) is 5.75 Å². The summed E-state index contributed by atoms with van der Waals surface area (Å²) >= 11 is 1.41. The highest BCUT2D eigenvalue weighted by Gasteiger charge is 2.32.